The molecule has 1 N–H and O–H groups in total. The van der Waals surface area contributed by atoms with Gasteiger partial charge in [-0.05, 0) is 28.1 Å². The third-order valence-corrected chi connectivity index (χ3v) is 1.99. The van der Waals surface area contributed by atoms with E-state index in [0.717, 1.165) is 0 Å². The molecule has 0 saturated heterocycles. The summed E-state index contributed by atoms with van der Waals surface area (Å²) in [5, 5.41) is 8.50. The van der Waals surface area contributed by atoms with Crippen molar-refractivity contribution in [1.29, 1.82) is 0 Å². The standard InChI is InChI=1S/C8H9BrO3/c1-5(4-8(10)11)6-2-3-7(9)12-6/h2-3,5H,4H2,1H3,(H,10,11). The minimum absolute atomic E-state index is 0.0752. The average molecular weight is 233 g/mol. The maximum absolute atomic E-state index is 10.3. The molecule has 0 aliphatic rings. The molecule has 0 aliphatic carbocycles. The Bertz CT molecular complexity index is 280. The maximum atomic E-state index is 10.3. The largest absolute Gasteiger partial charge is 0.481 e. The first-order valence-electron chi connectivity index (χ1n) is 3.56. The van der Waals surface area contributed by atoms with Gasteiger partial charge in [-0.2, -0.15) is 0 Å². The summed E-state index contributed by atoms with van der Waals surface area (Å²) >= 11 is 3.15. The molecule has 1 atom stereocenters. The van der Waals surface area contributed by atoms with Gasteiger partial charge in [-0.15, -0.1) is 0 Å². The highest BCUT2D eigenvalue weighted by Gasteiger charge is 2.13. The van der Waals surface area contributed by atoms with Gasteiger partial charge in [0.15, 0.2) is 4.67 Å². The third kappa shape index (κ3) is 2.37. The Morgan fingerprint density at radius 2 is 2.42 bits per heavy atom. The Morgan fingerprint density at radius 1 is 1.75 bits per heavy atom. The fraction of sp³-hybridized carbons (Fsp3) is 0.375. The summed E-state index contributed by atoms with van der Waals surface area (Å²) < 4.78 is 5.83. The normalized spacial score (nSPS) is 12.8. The number of aliphatic carboxylic acids is 1. The molecule has 0 radical (unpaired) electrons. The molecular weight excluding hydrogens is 224 g/mol. The quantitative estimate of drug-likeness (QED) is 0.872. The van der Waals surface area contributed by atoms with Crippen LogP contribution in [0.2, 0.25) is 0 Å². The molecule has 66 valence electrons. The molecule has 0 aliphatic heterocycles. The minimum atomic E-state index is -0.810. The molecule has 1 unspecified atom stereocenters. The molecule has 1 aromatic rings. The van der Waals surface area contributed by atoms with Gasteiger partial charge >= 0.3 is 5.97 Å². The van der Waals surface area contributed by atoms with Crippen molar-refractivity contribution in [3.63, 3.8) is 0 Å². The van der Waals surface area contributed by atoms with Crippen LogP contribution in [0.1, 0.15) is 25.0 Å². The van der Waals surface area contributed by atoms with E-state index in [4.69, 9.17) is 9.52 Å². The monoisotopic (exact) mass is 232 g/mol. The van der Waals surface area contributed by atoms with Gasteiger partial charge in [0, 0.05) is 5.92 Å². The Balaban J connectivity index is 2.64. The lowest BCUT2D eigenvalue weighted by atomic mass is 10.1. The summed E-state index contributed by atoms with van der Waals surface area (Å²) in [7, 11) is 0. The molecule has 0 fully saturated rings. The fourth-order valence-electron chi connectivity index (χ4n) is 0.956. The summed E-state index contributed by atoms with van der Waals surface area (Å²) in [6.07, 6.45) is 0.0972. The zero-order chi connectivity index (χ0) is 9.14. The molecule has 0 amide bonds. The molecular formula is C8H9BrO3. The first-order valence-corrected chi connectivity index (χ1v) is 4.36. The number of carbonyl (C=O) groups is 1. The van der Waals surface area contributed by atoms with E-state index in [0.29, 0.717) is 10.4 Å². The van der Waals surface area contributed by atoms with Crippen molar-refractivity contribution in [3.05, 3.63) is 22.6 Å². The van der Waals surface area contributed by atoms with Crippen LogP contribution in [-0.4, -0.2) is 11.1 Å². The van der Waals surface area contributed by atoms with Crippen LogP contribution in [-0.2, 0) is 4.79 Å². The van der Waals surface area contributed by atoms with Crippen LogP contribution >= 0.6 is 15.9 Å². The summed E-state index contributed by atoms with van der Waals surface area (Å²) in [4.78, 5) is 10.3. The Kier molecular flexibility index (Phi) is 2.92. The topological polar surface area (TPSA) is 50.4 Å². The summed E-state index contributed by atoms with van der Waals surface area (Å²) in [6.45, 7) is 1.82. The third-order valence-electron chi connectivity index (χ3n) is 1.56. The molecule has 4 heteroatoms. The van der Waals surface area contributed by atoms with Crippen LogP contribution in [0.5, 0.6) is 0 Å². The zero-order valence-electron chi connectivity index (χ0n) is 6.58. The molecule has 1 heterocycles. The number of hydrogen-bond donors (Lipinski definition) is 1. The van der Waals surface area contributed by atoms with Gasteiger partial charge in [0.25, 0.3) is 0 Å². The van der Waals surface area contributed by atoms with Crippen molar-refractivity contribution in [3.8, 4) is 0 Å². The lowest BCUT2D eigenvalue weighted by Gasteiger charge is -2.02. The predicted molar refractivity (Wildman–Crippen MR) is 47.1 cm³/mol. The second-order valence-electron chi connectivity index (χ2n) is 2.64. The Labute approximate surface area is 78.5 Å². The summed E-state index contributed by atoms with van der Waals surface area (Å²) in [5.41, 5.74) is 0. The van der Waals surface area contributed by atoms with Gasteiger partial charge in [-0.3, -0.25) is 4.79 Å². The van der Waals surface area contributed by atoms with Gasteiger partial charge in [-0.1, -0.05) is 6.92 Å². The van der Waals surface area contributed by atoms with Gasteiger partial charge in [0.1, 0.15) is 5.76 Å². The van der Waals surface area contributed by atoms with Gasteiger partial charge in [0.2, 0.25) is 0 Å². The van der Waals surface area contributed by atoms with E-state index >= 15 is 0 Å². The van der Waals surface area contributed by atoms with E-state index < -0.39 is 5.97 Å². The van der Waals surface area contributed by atoms with Crippen molar-refractivity contribution in [2.75, 3.05) is 0 Å². The number of carboxylic acids is 1. The summed E-state index contributed by atoms with van der Waals surface area (Å²) in [6, 6.07) is 3.53. The molecule has 3 nitrogen and oxygen atoms in total. The highest BCUT2D eigenvalue weighted by molar-refractivity contribution is 9.10. The molecule has 0 spiro atoms. The number of rotatable bonds is 3. The molecule has 1 aromatic heterocycles. The average Bonchev–Trinajstić information content (AvgIpc) is 2.34. The lowest BCUT2D eigenvalue weighted by Crippen LogP contribution is -2.01. The zero-order valence-corrected chi connectivity index (χ0v) is 8.17. The van der Waals surface area contributed by atoms with E-state index in [1.807, 2.05) is 6.92 Å². The highest BCUT2D eigenvalue weighted by Crippen LogP contribution is 2.23. The minimum Gasteiger partial charge on any atom is -0.481 e. The van der Waals surface area contributed by atoms with Crippen LogP contribution in [0, 0.1) is 0 Å². The summed E-state index contributed by atoms with van der Waals surface area (Å²) in [5.74, 6) is -0.187. The number of hydrogen-bond acceptors (Lipinski definition) is 2. The van der Waals surface area contributed by atoms with Crippen molar-refractivity contribution < 1.29 is 14.3 Å². The molecule has 0 saturated carbocycles. The van der Waals surface area contributed by atoms with Crippen molar-refractivity contribution in [2.24, 2.45) is 0 Å². The fourth-order valence-corrected chi connectivity index (χ4v) is 1.27. The Morgan fingerprint density at radius 3 is 2.83 bits per heavy atom. The highest BCUT2D eigenvalue weighted by atomic mass is 79.9. The SMILES string of the molecule is CC(CC(=O)O)c1ccc(Br)o1. The molecule has 0 bridgehead atoms. The van der Waals surface area contributed by atoms with Crippen molar-refractivity contribution in [2.45, 2.75) is 19.3 Å². The smallest absolute Gasteiger partial charge is 0.304 e. The van der Waals surface area contributed by atoms with Crippen LogP contribution in [0.3, 0.4) is 0 Å². The Hall–Kier alpha value is -0.770. The second kappa shape index (κ2) is 3.76. The second-order valence-corrected chi connectivity index (χ2v) is 3.42. The predicted octanol–water partition coefficient (Wildman–Crippen LogP) is 2.62. The van der Waals surface area contributed by atoms with E-state index in [-0.39, 0.29) is 12.3 Å². The van der Waals surface area contributed by atoms with Crippen LogP contribution < -0.4 is 0 Å². The van der Waals surface area contributed by atoms with Gasteiger partial charge in [0.05, 0.1) is 6.42 Å². The maximum Gasteiger partial charge on any atom is 0.304 e. The van der Waals surface area contributed by atoms with Gasteiger partial charge < -0.3 is 9.52 Å². The van der Waals surface area contributed by atoms with E-state index in [1.165, 1.54) is 0 Å². The van der Waals surface area contributed by atoms with Crippen LogP contribution in [0.15, 0.2) is 21.2 Å². The number of halogens is 1. The van der Waals surface area contributed by atoms with Crippen molar-refractivity contribution in [1.82, 2.24) is 0 Å². The number of furan rings is 1. The molecule has 1 rings (SSSR count). The van der Waals surface area contributed by atoms with E-state index in [2.05, 4.69) is 15.9 Å². The van der Waals surface area contributed by atoms with Gasteiger partial charge in [-0.25, -0.2) is 0 Å². The molecule has 0 aromatic carbocycles. The number of carboxylic acid groups (broad SMARTS) is 1. The van der Waals surface area contributed by atoms with Crippen LogP contribution in [0.4, 0.5) is 0 Å². The first kappa shape index (κ1) is 9.32. The first-order chi connectivity index (χ1) is 5.59. The van der Waals surface area contributed by atoms with E-state index in [1.54, 1.807) is 12.1 Å². The lowest BCUT2D eigenvalue weighted by molar-refractivity contribution is -0.137. The molecule has 12 heavy (non-hydrogen) atoms. The van der Waals surface area contributed by atoms with Crippen LogP contribution in [0.25, 0.3) is 0 Å². The van der Waals surface area contributed by atoms with E-state index in [9.17, 15) is 4.79 Å². The van der Waals surface area contributed by atoms with Crippen molar-refractivity contribution >= 4 is 21.9 Å².